The maximum Gasteiger partial charge on any atom is 0.0134 e. The first kappa shape index (κ1) is 12.7. The van der Waals surface area contributed by atoms with Gasteiger partial charge in [-0.15, -0.1) is 0 Å². The van der Waals surface area contributed by atoms with Crippen LogP contribution in [0, 0.1) is 35.5 Å². The number of rotatable bonds is 4. The molecule has 0 saturated heterocycles. The Morgan fingerprint density at radius 2 is 1.61 bits per heavy atom. The topological polar surface area (TPSA) is 12.0 Å². The molecule has 1 nitrogen and oxygen atoms in total. The highest BCUT2D eigenvalue weighted by molar-refractivity contribution is 5.17. The summed E-state index contributed by atoms with van der Waals surface area (Å²) in [6.45, 7) is 5.84. The predicted octanol–water partition coefficient (Wildman–Crippen LogP) is 3.86. The Balaban J connectivity index is 1.82. The molecule has 0 aromatic carbocycles. The standard InChI is InChI=1S/C17H29N/c1-11(2)16(4-5-18-3)17-14-7-12-6-13(9-14)10-15(17)8-12/h4,11-15,17-18H,5-10H2,1-3H3/b16-4+. The molecule has 4 saturated carbocycles. The van der Waals surface area contributed by atoms with Gasteiger partial charge in [-0.25, -0.2) is 0 Å². The van der Waals surface area contributed by atoms with Crippen LogP contribution in [0.4, 0.5) is 0 Å². The van der Waals surface area contributed by atoms with Crippen LogP contribution >= 0.6 is 0 Å². The minimum atomic E-state index is 0.737. The Hall–Kier alpha value is -0.300. The van der Waals surface area contributed by atoms with E-state index in [1.807, 2.05) is 0 Å². The maximum absolute atomic E-state index is 3.30. The van der Waals surface area contributed by atoms with E-state index in [0.717, 1.165) is 42.1 Å². The van der Waals surface area contributed by atoms with Crippen molar-refractivity contribution in [3.63, 3.8) is 0 Å². The summed E-state index contributed by atoms with van der Waals surface area (Å²) in [4.78, 5) is 0. The molecule has 4 bridgehead atoms. The second kappa shape index (κ2) is 5.00. The lowest BCUT2D eigenvalue weighted by Gasteiger charge is -2.55. The molecule has 4 fully saturated rings. The zero-order valence-corrected chi connectivity index (χ0v) is 12.3. The maximum atomic E-state index is 3.30. The molecule has 0 unspecified atom stereocenters. The summed E-state index contributed by atoms with van der Waals surface area (Å²) < 4.78 is 0. The van der Waals surface area contributed by atoms with E-state index < -0.39 is 0 Å². The quantitative estimate of drug-likeness (QED) is 0.744. The van der Waals surface area contributed by atoms with Crippen molar-refractivity contribution in [2.45, 2.75) is 46.0 Å². The molecular weight excluding hydrogens is 218 g/mol. The average Bonchev–Trinajstić information content (AvgIpc) is 2.31. The smallest absolute Gasteiger partial charge is 0.0134 e. The van der Waals surface area contributed by atoms with Crippen LogP contribution in [0.1, 0.15) is 46.0 Å². The summed E-state index contributed by atoms with van der Waals surface area (Å²) >= 11 is 0. The summed E-state index contributed by atoms with van der Waals surface area (Å²) in [5.41, 5.74) is 1.78. The van der Waals surface area contributed by atoms with Crippen molar-refractivity contribution >= 4 is 0 Å². The molecular formula is C17H29N. The molecule has 0 spiro atoms. The molecule has 102 valence electrons. The predicted molar refractivity (Wildman–Crippen MR) is 77.4 cm³/mol. The van der Waals surface area contributed by atoms with Gasteiger partial charge in [0.2, 0.25) is 0 Å². The highest BCUT2D eigenvalue weighted by atomic mass is 14.8. The van der Waals surface area contributed by atoms with Crippen LogP contribution in [-0.2, 0) is 0 Å². The minimum absolute atomic E-state index is 0.737. The number of hydrogen-bond donors (Lipinski definition) is 1. The van der Waals surface area contributed by atoms with Crippen LogP contribution in [0.5, 0.6) is 0 Å². The first-order valence-corrected chi connectivity index (χ1v) is 8.03. The third-order valence-electron chi connectivity index (χ3n) is 5.82. The second-order valence-electron chi connectivity index (χ2n) is 7.37. The largest absolute Gasteiger partial charge is 0.316 e. The van der Waals surface area contributed by atoms with Crippen LogP contribution in [0.2, 0.25) is 0 Å². The van der Waals surface area contributed by atoms with Crippen molar-refractivity contribution in [1.82, 2.24) is 5.32 Å². The SMILES string of the molecule is CNC/C=C(\C(C)C)C1C2CC3CC(C2)CC1C3. The third-order valence-corrected chi connectivity index (χ3v) is 5.82. The molecule has 18 heavy (non-hydrogen) atoms. The van der Waals surface area contributed by atoms with Crippen molar-refractivity contribution in [3.05, 3.63) is 11.6 Å². The Morgan fingerprint density at radius 3 is 2.06 bits per heavy atom. The van der Waals surface area contributed by atoms with E-state index in [-0.39, 0.29) is 0 Å². The number of nitrogens with one attached hydrogen (secondary N) is 1. The molecule has 1 heteroatoms. The lowest BCUT2D eigenvalue weighted by Crippen LogP contribution is -2.46. The van der Waals surface area contributed by atoms with Gasteiger partial charge < -0.3 is 5.32 Å². The molecule has 0 aromatic heterocycles. The summed E-state index contributed by atoms with van der Waals surface area (Å²) in [5, 5.41) is 3.30. The molecule has 0 aliphatic heterocycles. The summed E-state index contributed by atoms with van der Waals surface area (Å²) in [5.74, 6) is 5.94. The van der Waals surface area contributed by atoms with E-state index in [2.05, 4.69) is 32.3 Å². The molecule has 1 N–H and O–H groups in total. The zero-order valence-electron chi connectivity index (χ0n) is 12.3. The first-order chi connectivity index (χ1) is 8.69. The highest BCUT2D eigenvalue weighted by Gasteiger charge is 2.49. The van der Waals surface area contributed by atoms with E-state index in [1.165, 1.54) is 0 Å². The number of allylic oxidation sites excluding steroid dienone is 1. The second-order valence-corrected chi connectivity index (χ2v) is 7.37. The van der Waals surface area contributed by atoms with Gasteiger partial charge in [-0.3, -0.25) is 0 Å². The van der Waals surface area contributed by atoms with Gasteiger partial charge in [-0.2, -0.15) is 0 Å². The summed E-state index contributed by atoms with van der Waals surface area (Å²) in [6, 6.07) is 0. The van der Waals surface area contributed by atoms with E-state index in [9.17, 15) is 0 Å². The van der Waals surface area contributed by atoms with Crippen LogP contribution in [0.25, 0.3) is 0 Å². The van der Waals surface area contributed by atoms with Crippen molar-refractivity contribution in [1.29, 1.82) is 0 Å². The summed E-state index contributed by atoms with van der Waals surface area (Å²) in [6.07, 6.45) is 10.2. The Morgan fingerprint density at radius 1 is 1.06 bits per heavy atom. The van der Waals surface area contributed by atoms with Crippen molar-refractivity contribution < 1.29 is 0 Å². The Bertz CT molecular complexity index is 301. The van der Waals surface area contributed by atoms with Gasteiger partial charge >= 0.3 is 0 Å². The number of hydrogen-bond acceptors (Lipinski definition) is 1. The number of likely N-dealkylation sites (N-methyl/N-ethyl adjacent to an activating group) is 1. The van der Waals surface area contributed by atoms with Gasteiger partial charge in [0, 0.05) is 6.54 Å². The molecule has 4 rings (SSSR count). The molecule has 0 amide bonds. The lowest BCUT2D eigenvalue weighted by molar-refractivity contribution is -0.0238. The normalized spacial score (nSPS) is 42.9. The molecule has 0 radical (unpaired) electrons. The van der Waals surface area contributed by atoms with Crippen molar-refractivity contribution in [3.8, 4) is 0 Å². The highest BCUT2D eigenvalue weighted by Crippen LogP contribution is 2.58. The third kappa shape index (κ3) is 2.15. The van der Waals surface area contributed by atoms with Crippen LogP contribution in [-0.4, -0.2) is 13.6 Å². The fraction of sp³-hybridized carbons (Fsp3) is 0.882. The van der Waals surface area contributed by atoms with Gasteiger partial charge in [-0.1, -0.05) is 25.5 Å². The van der Waals surface area contributed by atoms with Gasteiger partial charge in [0.1, 0.15) is 0 Å². The minimum Gasteiger partial charge on any atom is -0.316 e. The van der Waals surface area contributed by atoms with Gasteiger partial charge in [0.15, 0.2) is 0 Å². The molecule has 0 aromatic rings. The van der Waals surface area contributed by atoms with E-state index >= 15 is 0 Å². The van der Waals surface area contributed by atoms with E-state index in [1.54, 1.807) is 37.7 Å². The van der Waals surface area contributed by atoms with Gasteiger partial charge in [0.25, 0.3) is 0 Å². The Labute approximate surface area is 112 Å². The molecule has 4 aliphatic rings. The fourth-order valence-corrected chi connectivity index (χ4v) is 5.45. The monoisotopic (exact) mass is 247 g/mol. The Kier molecular flexibility index (Phi) is 3.53. The van der Waals surface area contributed by atoms with Crippen LogP contribution < -0.4 is 5.32 Å². The molecule has 0 heterocycles. The van der Waals surface area contributed by atoms with E-state index in [0.29, 0.717) is 0 Å². The first-order valence-electron chi connectivity index (χ1n) is 8.03. The fourth-order valence-electron chi connectivity index (χ4n) is 5.45. The summed E-state index contributed by atoms with van der Waals surface area (Å²) in [7, 11) is 2.06. The van der Waals surface area contributed by atoms with Crippen LogP contribution in [0.3, 0.4) is 0 Å². The molecule has 4 aliphatic carbocycles. The van der Waals surface area contributed by atoms with Gasteiger partial charge in [0.05, 0.1) is 0 Å². The van der Waals surface area contributed by atoms with Crippen molar-refractivity contribution in [2.24, 2.45) is 35.5 Å². The van der Waals surface area contributed by atoms with Crippen LogP contribution in [0.15, 0.2) is 11.6 Å². The van der Waals surface area contributed by atoms with Crippen molar-refractivity contribution in [2.75, 3.05) is 13.6 Å². The molecule has 0 atom stereocenters. The van der Waals surface area contributed by atoms with E-state index in [4.69, 9.17) is 0 Å². The lowest BCUT2D eigenvalue weighted by atomic mass is 9.50. The van der Waals surface area contributed by atoms with Gasteiger partial charge in [-0.05, 0) is 74.7 Å². The average molecular weight is 247 g/mol. The zero-order chi connectivity index (χ0) is 12.7.